The van der Waals surface area contributed by atoms with Gasteiger partial charge in [-0.15, -0.1) is 0 Å². The van der Waals surface area contributed by atoms with Crippen LogP contribution in [0.3, 0.4) is 0 Å². The normalized spacial score (nSPS) is 32.0. The number of morpholine rings is 1. The molecule has 6 nitrogen and oxygen atoms in total. The number of sulfonamides is 1. The zero-order valence-electron chi connectivity index (χ0n) is 14.0. The van der Waals surface area contributed by atoms with E-state index in [4.69, 9.17) is 9.47 Å². The Hall–Kier alpha value is -0.210. The molecule has 0 spiro atoms. The van der Waals surface area contributed by atoms with Gasteiger partial charge in [-0.25, -0.2) is 8.42 Å². The zero-order valence-corrected chi connectivity index (χ0v) is 14.8. The van der Waals surface area contributed by atoms with E-state index >= 15 is 0 Å². The van der Waals surface area contributed by atoms with Crippen LogP contribution in [-0.4, -0.2) is 81.5 Å². The summed E-state index contributed by atoms with van der Waals surface area (Å²) in [4.78, 5) is 2.35. The van der Waals surface area contributed by atoms with Crippen LogP contribution in [0.25, 0.3) is 0 Å². The molecule has 0 aromatic carbocycles. The van der Waals surface area contributed by atoms with E-state index in [0.717, 1.165) is 71.4 Å². The first-order valence-electron chi connectivity index (χ1n) is 9.06. The summed E-state index contributed by atoms with van der Waals surface area (Å²) in [6.45, 7) is 5.56. The van der Waals surface area contributed by atoms with Gasteiger partial charge in [0.2, 0.25) is 10.0 Å². The van der Waals surface area contributed by atoms with Crippen LogP contribution in [0.4, 0.5) is 0 Å². The van der Waals surface area contributed by atoms with Gasteiger partial charge in [0, 0.05) is 38.8 Å². The first-order chi connectivity index (χ1) is 11.1. The number of hydrogen-bond donors (Lipinski definition) is 0. The van der Waals surface area contributed by atoms with E-state index in [1.165, 1.54) is 0 Å². The smallest absolute Gasteiger partial charge is 0.216 e. The highest BCUT2D eigenvalue weighted by atomic mass is 32.2. The zero-order chi connectivity index (χ0) is 16.1. The van der Waals surface area contributed by atoms with Crippen molar-refractivity contribution in [1.82, 2.24) is 9.21 Å². The van der Waals surface area contributed by atoms with Crippen molar-refractivity contribution in [2.75, 3.05) is 51.8 Å². The summed E-state index contributed by atoms with van der Waals surface area (Å²) in [6.07, 6.45) is 5.98. The van der Waals surface area contributed by atoms with E-state index in [1.807, 2.05) is 0 Å². The van der Waals surface area contributed by atoms with E-state index in [-0.39, 0.29) is 17.9 Å². The molecule has 3 saturated heterocycles. The monoisotopic (exact) mass is 346 g/mol. The molecule has 3 aliphatic heterocycles. The SMILES string of the molecule is O=S(=O)(CC1CCCCO1)N1CCCCC1CN1CCOCC1. The second-order valence-corrected chi connectivity index (χ2v) is 8.91. The molecule has 3 heterocycles. The van der Waals surface area contributed by atoms with Gasteiger partial charge in [-0.1, -0.05) is 6.42 Å². The van der Waals surface area contributed by atoms with Crippen molar-refractivity contribution in [2.45, 2.75) is 50.7 Å². The number of nitrogens with zero attached hydrogens (tertiary/aromatic N) is 2. The lowest BCUT2D eigenvalue weighted by Gasteiger charge is -2.39. The average molecular weight is 346 g/mol. The Morgan fingerprint density at radius 3 is 2.43 bits per heavy atom. The van der Waals surface area contributed by atoms with Gasteiger partial charge in [0.1, 0.15) is 0 Å². The molecule has 3 rings (SSSR count). The van der Waals surface area contributed by atoms with Crippen molar-refractivity contribution in [3.05, 3.63) is 0 Å². The standard InChI is InChI=1S/C16H30N2O4S/c19-23(20,14-16-6-2-4-10-22-16)18-7-3-1-5-15(18)13-17-8-11-21-12-9-17/h15-16H,1-14H2. The molecule has 2 atom stereocenters. The van der Waals surface area contributed by atoms with Gasteiger partial charge in [-0.3, -0.25) is 4.90 Å². The predicted molar refractivity (Wildman–Crippen MR) is 89.0 cm³/mol. The molecule has 0 aliphatic carbocycles. The summed E-state index contributed by atoms with van der Waals surface area (Å²) >= 11 is 0. The summed E-state index contributed by atoms with van der Waals surface area (Å²) in [6, 6.07) is 0.121. The molecule has 0 radical (unpaired) electrons. The first-order valence-corrected chi connectivity index (χ1v) is 10.7. The maximum absolute atomic E-state index is 12.9. The third-order valence-electron chi connectivity index (χ3n) is 5.17. The Labute approximate surface area is 140 Å². The maximum Gasteiger partial charge on any atom is 0.216 e. The van der Waals surface area contributed by atoms with Gasteiger partial charge in [-0.05, 0) is 32.1 Å². The quantitative estimate of drug-likeness (QED) is 0.745. The second-order valence-electron chi connectivity index (χ2n) is 6.94. The minimum Gasteiger partial charge on any atom is -0.379 e. The molecule has 134 valence electrons. The molecule has 0 amide bonds. The summed E-state index contributed by atoms with van der Waals surface area (Å²) in [5.41, 5.74) is 0. The minimum absolute atomic E-state index is 0.111. The van der Waals surface area contributed by atoms with E-state index in [0.29, 0.717) is 13.2 Å². The van der Waals surface area contributed by atoms with Gasteiger partial charge in [0.05, 0.1) is 25.1 Å². The number of hydrogen-bond acceptors (Lipinski definition) is 5. The fourth-order valence-electron chi connectivity index (χ4n) is 3.87. The number of rotatable bonds is 5. The lowest BCUT2D eigenvalue weighted by atomic mass is 10.0. The minimum atomic E-state index is -3.23. The number of ether oxygens (including phenoxy) is 2. The Bertz CT molecular complexity index is 459. The highest BCUT2D eigenvalue weighted by Gasteiger charge is 2.35. The summed E-state index contributed by atoms with van der Waals surface area (Å²) in [5.74, 6) is 0.159. The van der Waals surface area contributed by atoms with E-state index in [2.05, 4.69) is 4.90 Å². The Balaban J connectivity index is 1.61. The fraction of sp³-hybridized carbons (Fsp3) is 1.00. The molecule has 2 unspecified atom stereocenters. The Morgan fingerprint density at radius 2 is 1.70 bits per heavy atom. The van der Waals surface area contributed by atoms with Crippen LogP contribution in [-0.2, 0) is 19.5 Å². The third kappa shape index (κ3) is 4.89. The maximum atomic E-state index is 12.9. The van der Waals surface area contributed by atoms with Gasteiger partial charge < -0.3 is 9.47 Å². The molecule has 0 bridgehead atoms. The van der Waals surface area contributed by atoms with Crippen LogP contribution in [0.1, 0.15) is 38.5 Å². The van der Waals surface area contributed by atoms with Crippen LogP contribution in [0.5, 0.6) is 0 Å². The highest BCUT2D eigenvalue weighted by Crippen LogP contribution is 2.24. The van der Waals surface area contributed by atoms with Crippen molar-refractivity contribution >= 4 is 10.0 Å². The predicted octanol–water partition coefficient (Wildman–Crippen LogP) is 1.07. The number of piperidine rings is 1. The average Bonchev–Trinajstić information content (AvgIpc) is 2.57. The molecule has 0 aromatic rings. The Morgan fingerprint density at radius 1 is 0.913 bits per heavy atom. The van der Waals surface area contributed by atoms with Gasteiger partial charge in [-0.2, -0.15) is 4.31 Å². The van der Waals surface area contributed by atoms with E-state index < -0.39 is 10.0 Å². The molecular weight excluding hydrogens is 316 g/mol. The molecule has 3 aliphatic rings. The molecular formula is C16H30N2O4S. The van der Waals surface area contributed by atoms with Crippen LogP contribution in [0.15, 0.2) is 0 Å². The lowest BCUT2D eigenvalue weighted by Crippen LogP contribution is -2.52. The van der Waals surface area contributed by atoms with Crippen LogP contribution < -0.4 is 0 Å². The highest BCUT2D eigenvalue weighted by molar-refractivity contribution is 7.89. The van der Waals surface area contributed by atoms with Crippen molar-refractivity contribution < 1.29 is 17.9 Å². The second kappa shape index (κ2) is 8.25. The first kappa shape index (κ1) is 17.6. The molecule has 7 heteroatoms. The van der Waals surface area contributed by atoms with E-state index in [9.17, 15) is 8.42 Å². The molecule has 3 fully saturated rings. The molecule has 0 N–H and O–H groups in total. The van der Waals surface area contributed by atoms with Crippen molar-refractivity contribution in [3.63, 3.8) is 0 Å². The molecule has 0 aromatic heterocycles. The van der Waals surface area contributed by atoms with Gasteiger partial charge in [0.15, 0.2) is 0 Å². The molecule has 23 heavy (non-hydrogen) atoms. The van der Waals surface area contributed by atoms with Gasteiger partial charge >= 0.3 is 0 Å². The van der Waals surface area contributed by atoms with Crippen LogP contribution in [0.2, 0.25) is 0 Å². The van der Waals surface area contributed by atoms with E-state index in [1.54, 1.807) is 4.31 Å². The van der Waals surface area contributed by atoms with Crippen molar-refractivity contribution in [2.24, 2.45) is 0 Å². The topological polar surface area (TPSA) is 59.1 Å². The third-order valence-corrected chi connectivity index (χ3v) is 7.16. The van der Waals surface area contributed by atoms with Crippen LogP contribution in [0, 0.1) is 0 Å². The largest absolute Gasteiger partial charge is 0.379 e. The summed E-state index contributed by atoms with van der Waals surface area (Å²) in [7, 11) is -3.23. The summed E-state index contributed by atoms with van der Waals surface area (Å²) in [5, 5.41) is 0. The van der Waals surface area contributed by atoms with Crippen molar-refractivity contribution in [3.8, 4) is 0 Å². The molecule has 0 saturated carbocycles. The lowest BCUT2D eigenvalue weighted by molar-refractivity contribution is 0.0238. The van der Waals surface area contributed by atoms with Gasteiger partial charge in [0.25, 0.3) is 0 Å². The summed E-state index contributed by atoms with van der Waals surface area (Å²) < 4.78 is 38.6. The fourth-order valence-corrected chi connectivity index (χ4v) is 5.83. The van der Waals surface area contributed by atoms with Crippen LogP contribution >= 0.6 is 0 Å². The Kier molecular flexibility index (Phi) is 6.31. The van der Waals surface area contributed by atoms with Crippen molar-refractivity contribution in [1.29, 1.82) is 0 Å².